The van der Waals surface area contributed by atoms with E-state index in [0.717, 1.165) is 22.4 Å². The summed E-state index contributed by atoms with van der Waals surface area (Å²) < 4.78 is 11.3. The number of aromatic hydroxyl groups is 1. The minimum atomic E-state index is -0.483. The van der Waals surface area contributed by atoms with Gasteiger partial charge < -0.3 is 14.3 Å². The number of para-hydroxylation sites is 1. The summed E-state index contributed by atoms with van der Waals surface area (Å²) in [4.78, 5) is 12.6. The molecule has 1 unspecified atom stereocenters. The molecule has 1 aliphatic heterocycles. The summed E-state index contributed by atoms with van der Waals surface area (Å²) in [5.41, 5.74) is 3.32. The molecule has 122 valence electrons. The average Bonchev–Trinajstić information content (AvgIpc) is 2.55. The molecule has 1 atom stereocenters. The third-order valence-electron chi connectivity index (χ3n) is 4.64. The maximum atomic E-state index is 12.6. The van der Waals surface area contributed by atoms with Crippen molar-refractivity contribution in [3.05, 3.63) is 69.1 Å². The molecule has 4 rings (SSSR count). The molecule has 0 aliphatic carbocycles. The van der Waals surface area contributed by atoms with E-state index in [-0.39, 0.29) is 11.7 Å². The average molecular weight is 322 g/mol. The van der Waals surface area contributed by atoms with Crippen molar-refractivity contribution >= 4 is 11.0 Å². The van der Waals surface area contributed by atoms with E-state index in [0.29, 0.717) is 29.6 Å². The molecule has 1 aliphatic rings. The van der Waals surface area contributed by atoms with Crippen molar-refractivity contribution in [3.8, 4) is 11.5 Å². The van der Waals surface area contributed by atoms with Crippen LogP contribution in [0.2, 0.25) is 0 Å². The van der Waals surface area contributed by atoms with E-state index < -0.39 is 5.63 Å². The highest BCUT2D eigenvalue weighted by Crippen LogP contribution is 2.43. The summed E-state index contributed by atoms with van der Waals surface area (Å²) in [5.74, 6) is 0.593. The van der Waals surface area contributed by atoms with Gasteiger partial charge in [0.1, 0.15) is 17.1 Å². The minimum absolute atomic E-state index is 0.0128. The largest absolute Gasteiger partial charge is 0.507 e. The fraction of sp³-hybridized carbons (Fsp3) is 0.250. The lowest BCUT2D eigenvalue weighted by Gasteiger charge is -2.28. The van der Waals surface area contributed by atoms with Crippen molar-refractivity contribution in [1.29, 1.82) is 0 Å². The lowest BCUT2D eigenvalue weighted by molar-refractivity contribution is 0.272. The Morgan fingerprint density at radius 2 is 1.96 bits per heavy atom. The molecule has 1 N–H and O–H groups in total. The Kier molecular flexibility index (Phi) is 3.34. The first kappa shape index (κ1) is 14.8. The molecular weight excluding hydrogens is 304 g/mol. The summed E-state index contributed by atoms with van der Waals surface area (Å²) in [6, 6.07) is 11.1. The number of aryl methyl sites for hydroxylation is 2. The highest BCUT2D eigenvalue weighted by Gasteiger charge is 2.30. The van der Waals surface area contributed by atoms with Gasteiger partial charge in [-0.3, -0.25) is 0 Å². The van der Waals surface area contributed by atoms with E-state index in [9.17, 15) is 9.90 Å². The lowest BCUT2D eigenvalue weighted by Crippen LogP contribution is -2.21. The fourth-order valence-corrected chi connectivity index (χ4v) is 3.63. The van der Waals surface area contributed by atoms with Crippen LogP contribution in [0.3, 0.4) is 0 Å². The number of benzene rings is 2. The molecule has 0 radical (unpaired) electrons. The first-order chi connectivity index (χ1) is 11.6. The molecule has 2 heterocycles. The second-order valence-electron chi connectivity index (χ2n) is 6.34. The third-order valence-corrected chi connectivity index (χ3v) is 4.64. The maximum absolute atomic E-state index is 12.6. The second kappa shape index (κ2) is 5.41. The molecule has 2 aromatic carbocycles. The van der Waals surface area contributed by atoms with Gasteiger partial charge >= 0.3 is 5.63 Å². The van der Waals surface area contributed by atoms with Crippen LogP contribution in [-0.4, -0.2) is 11.7 Å². The van der Waals surface area contributed by atoms with Gasteiger partial charge in [0, 0.05) is 11.5 Å². The zero-order valence-corrected chi connectivity index (χ0v) is 13.6. The number of hydrogen-bond acceptors (Lipinski definition) is 4. The number of ether oxygens (including phenoxy) is 1. The first-order valence-electron chi connectivity index (χ1n) is 8.05. The number of hydrogen-bond donors (Lipinski definition) is 1. The summed E-state index contributed by atoms with van der Waals surface area (Å²) in [6.45, 7) is 4.52. The quantitative estimate of drug-likeness (QED) is 0.687. The highest BCUT2D eigenvalue weighted by molar-refractivity contribution is 5.84. The van der Waals surface area contributed by atoms with Crippen LogP contribution in [0.1, 0.15) is 34.6 Å². The van der Waals surface area contributed by atoms with Gasteiger partial charge in [0.2, 0.25) is 0 Å². The van der Waals surface area contributed by atoms with Gasteiger partial charge in [0.25, 0.3) is 0 Å². The van der Waals surface area contributed by atoms with E-state index in [4.69, 9.17) is 9.15 Å². The van der Waals surface area contributed by atoms with Crippen molar-refractivity contribution < 1.29 is 14.3 Å². The van der Waals surface area contributed by atoms with E-state index in [1.165, 1.54) is 0 Å². The topological polar surface area (TPSA) is 59.7 Å². The standard InChI is InChI=1S/C20H18O4/c1-11-9-12(2)19-15(10-11)13(7-8-23-19)17-18(21)14-5-3-4-6-16(14)24-20(17)22/h3-6,9-10,13,21H,7-8H2,1-2H3. The Morgan fingerprint density at radius 3 is 2.79 bits per heavy atom. The zero-order valence-electron chi connectivity index (χ0n) is 13.6. The molecule has 0 bridgehead atoms. The van der Waals surface area contributed by atoms with Gasteiger partial charge in [-0.25, -0.2) is 4.79 Å². The Hall–Kier alpha value is -2.75. The van der Waals surface area contributed by atoms with E-state index in [1.54, 1.807) is 18.2 Å². The predicted molar refractivity (Wildman–Crippen MR) is 92.0 cm³/mol. The molecule has 0 saturated heterocycles. The molecule has 0 spiro atoms. The maximum Gasteiger partial charge on any atom is 0.343 e. The van der Waals surface area contributed by atoms with Gasteiger partial charge in [-0.2, -0.15) is 0 Å². The van der Waals surface area contributed by atoms with Crippen LogP contribution in [0.4, 0.5) is 0 Å². The monoisotopic (exact) mass is 322 g/mol. The van der Waals surface area contributed by atoms with Crippen LogP contribution < -0.4 is 10.4 Å². The van der Waals surface area contributed by atoms with Crippen LogP contribution in [0, 0.1) is 13.8 Å². The Balaban J connectivity index is 1.99. The smallest absolute Gasteiger partial charge is 0.343 e. The third kappa shape index (κ3) is 2.18. The van der Waals surface area contributed by atoms with Crippen molar-refractivity contribution in [2.45, 2.75) is 26.2 Å². The normalized spacial score (nSPS) is 16.7. The summed E-state index contributed by atoms with van der Waals surface area (Å²) in [7, 11) is 0. The Labute approximate surface area is 139 Å². The summed E-state index contributed by atoms with van der Waals surface area (Å²) >= 11 is 0. The van der Waals surface area contributed by atoms with Crippen LogP contribution in [0.15, 0.2) is 45.6 Å². The van der Waals surface area contributed by atoms with Crippen LogP contribution in [0.25, 0.3) is 11.0 Å². The Morgan fingerprint density at radius 1 is 1.17 bits per heavy atom. The van der Waals surface area contributed by atoms with Crippen LogP contribution in [-0.2, 0) is 0 Å². The molecule has 0 saturated carbocycles. The molecule has 24 heavy (non-hydrogen) atoms. The Bertz CT molecular complexity index is 1000. The molecule has 3 aromatic rings. The van der Waals surface area contributed by atoms with Gasteiger partial charge in [-0.1, -0.05) is 29.8 Å². The minimum Gasteiger partial charge on any atom is -0.507 e. The van der Waals surface area contributed by atoms with E-state index in [1.807, 2.05) is 26.0 Å². The number of rotatable bonds is 1. The number of fused-ring (bicyclic) bond motifs is 2. The van der Waals surface area contributed by atoms with Crippen molar-refractivity contribution in [1.82, 2.24) is 0 Å². The van der Waals surface area contributed by atoms with Gasteiger partial charge in [0.15, 0.2) is 0 Å². The fourth-order valence-electron chi connectivity index (χ4n) is 3.63. The van der Waals surface area contributed by atoms with E-state index in [2.05, 4.69) is 6.07 Å². The van der Waals surface area contributed by atoms with Crippen LogP contribution in [0.5, 0.6) is 11.5 Å². The predicted octanol–water partition coefficient (Wildman–Crippen LogP) is 4.03. The SMILES string of the molecule is Cc1cc(C)c2c(c1)C(c1c(O)c3ccccc3oc1=O)CCO2. The lowest BCUT2D eigenvalue weighted by atomic mass is 9.84. The molecule has 4 nitrogen and oxygen atoms in total. The first-order valence-corrected chi connectivity index (χ1v) is 8.05. The summed E-state index contributed by atoms with van der Waals surface area (Å²) in [6.07, 6.45) is 0.632. The van der Waals surface area contributed by atoms with Gasteiger partial charge in [-0.15, -0.1) is 0 Å². The van der Waals surface area contributed by atoms with Crippen molar-refractivity contribution in [2.24, 2.45) is 0 Å². The molecule has 1 aromatic heterocycles. The zero-order chi connectivity index (χ0) is 16.8. The summed E-state index contributed by atoms with van der Waals surface area (Å²) in [5, 5.41) is 11.3. The van der Waals surface area contributed by atoms with Crippen molar-refractivity contribution in [2.75, 3.05) is 6.61 Å². The second-order valence-corrected chi connectivity index (χ2v) is 6.34. The molecule has 4 heteroatoms. The molecule has 0 fully saturated rings. The van der Waals surface area contributed by atoms with E-state index >= 15 is 0 Å². The molecular formula is C20H18O4. The van der Waals surface area contributed by atoms with Crippen molar-refractivity contribution in [3.63, 3.8) is 0 Å². The van der Waals surface area contributed by atoms with Gasteiger partial charge in [-0.05, 0) is 38.0 Å². The van der Waals surface area contributed by atoms with Gasteiger partial charge in [0.05, 0.1) is 17.6 Å². The van der Waals surface area contributed by atoms with Crippen LogP contribution >= 0.6 is 0 Å². The molecule has 0 amide bonds. The highest BCUT2D eigenvalue weighted by atomic mass is 16.5.